The standard InChI is InChI=1S/C20H25N3O2/c24-20-19-4-2-1-3-18(19)13-21-23(20)15-17-7-5-16(6-8-17)14-22-9-11-25-12-10-22/h1-2,5-8,13,18-19H,3-4,9-12,14-15H2. The third-order valence-corrected chi connectivity index (χ3v) is 5.32. The van der Waals surface area contributed by atoms with E-state index in [1.165, 1.54) is 5.56 Å². The molecular weight excluding hydrogens is 314 g/mol. The van der Waals surface area contributed by atoms with Gasteiger partial charge in [0, 0.05) is 31.8 Å². The highest BCUT2D eigenvalue weighted by Gasteiger charge is 2.34. The summed E-state index contributed by atoms with van der Waals surface area (Å²) in [5, 5.41) is 6.05. The number of carbonyl (C=O) groups excluding carboxylic acids is 1. The highest BCUT2D eigenvalue weighted by molar-refractivity contribution is 5.86. The predicted octanol–water partition coefficient (Wildman–Crippen LogP) is 2.43. The maximum atomic E-state index is 12.7. The molecule has 0 saturated carbocycles. The molecule has 1 aromatic carbocycles. The number of hydrazone groups is 1. The van der Waals surface area contributed by atoms with Crippen LogP contribution in [0.2, 0.25) is 0 Å². The zero-order chi connectivity index (χ0) is 17.1. The summed E-state index contributed by atoms with van der Waals surface area (Å²) >= 11 is 0. The molecule has 25 heavy (non-hydrogen) atoms. The van der Waals surface area contributed by atoms with Crippen LogP contribution in [0.25, 0.3) is 0 Å². The second-order valence-corrected chi connectivity index (χ2v) is 7.08. The monoisotopic (exact) mass is 339 g/mol. The summed E-state index contributed by atoms with van der Waals surface area (Å²) in [5.41, 5.74) is 2.43. The molecule has 2 aliphatic heterocycles. The molecule has 0 N–H and O–H groups in total. The fourth-order valence-corrected chi connectivity index (χ4v) is 3.76. The van der Waals surface area contributed by atoms with Crippen LogP contribution < -0.4 is 0 Å². The average molecular weight is 339 g/mol. The lowest BCUT2D eigenvalue weighted by atomic mass is 9.82. The van der Waals surface area contributed by atoms with E-state index >= 15 is 0 Å². The first-order chi connectivity index (χ1) is 12.3. The first kappa shape index (κ1) is 16.5. The van der Waals surface area contributed by atoms with Gasteiger partial charge in [0.2, 0.25) is 5.91 Å². The van der Waals surface area contributed by atoms with Gasteiger partial charge in [-0.25, -0.2) is 5.01 Å². The molecule has 2 heterocycles. The molecule has 1 saturated heterocycles. The van der Waals surface area contributed by atoms with Crippen molar-refractivity contribution < 1.29 is 9.53 Å². The average Bonchev–Trinajstić information content (AvgIpc) is 2.67. The summed E-state index contributed by atoms with van der Waals surface area (Å²) in [6.45, 7) is 5.15. The summed E-state index contributed by atoms with van der Waals surface area (Å²) in [5.74, 6) is 0.516. The number of benzene rings is 1. The maximum absolute atomic E-state index is 12.7. The van der Waals surface area contributed by atoms with Crippen LogP contribution in [0.4, 0.5) is 0 Å². The molecule has 2 atom stereocenters. The van der Waals surface area contributed by atoms with E-state index in [9.17, 15) is 4.79 Å². The molecule has 0 radical (unpaired) electrons. The number of hydrogen-bond donors (Lipinski definition) is 0. The summed E-state index contributed by atoms with van der Waals surface area (Å²) in [7, 11) is 0. The van der Waals surface area contributed by atoms with E-state index in [1.807, 2.05) is 6.21 Å². The van der Waals surface area contributed by atoms with E-state index < -0.39 is 0 Å². The Hall–Kier alpha value is -1.98. The molecule has 0 bridgehead atoms. The number of carbonyl (C=O) groups is 1. The molecule has 132 valence electrons. The van der Waals surface area contributed by atoms with Crippen molar-refractivity contribution >= 4 is 12.1 Å². The van der Waals surface area contributed by atoms with Crippen molar-refractivity contribution in [2.75, 3.05) is 26.3 Å². The first-order valence-electron chi connectivity index (χ1n) is 9.18. The Balaban J connectivity index is 1.37. The summed E-state index contributed by atoms with van der Waals surface area (Å²) < 4.78 is 5.39. The molecule has 1 aliphatic carbocycles. The summed E-state index contributed by atoms with van der Waals surface area (Å²) in [6.07, 6.45) is 8.01. The minimum atomic E-state index is 0.0723. The van der Waals surface area contributed by atoms with Crippen LogP contribution in [0.5, 0.6) is 0 Å². The molecule has 0 spiro atoms. The topological polar surface area (TPSA) is 45.1 Å². The predicted molar refractivity (Wildman–Crippen MR) is 96.9 cm³/mol. The number of fused-ring (bicyclic) bond motifs is 1. The van der Waals surface area contributed by atoms with Crippen molar-refractivity contribution in [1.82, 2.24) is 9.91 Å². The van der Waals surface area contributed by atoms with Crippen LogP contribution >= 0.6 is 0 Å². The van der Waals surface area contributed by atoms with Crippen molar-refractivity contribution in [2.24, 2.45) is 16.9 Å². The fraction of sp³-hybridized carbons (Fsp3) is 0.500. The highest BCUT2D eigenvalue weighted by Crippen LogP contribution is 2.29. The molecule has 5 nitrogen and oxygen atoms in total. The van der Waals surface area contributed by atoms with E-state index in [4.69, 9.17) is 4.74 Å². The number of hydrogen-bond acceptors (Lipinski definition) is 4. The lowest BCUT2D eigenvalue weighted by Gasteiger charge is -2.32. The van der Waals surface area contributed by atoms with Crippen molar-refractivity contribution in [1.29, 1.82) is 0 Å². The van der Waals surface area contributed by atoms with Crippen LogP contribution in [0.15, 0.2) is 41.5 Å². The highest BCUT2D eigenvalue weighted by atomic mass is 16.5. The number of allylic oxidation sites excluding steroid dienone is 2. The lowest BCUT2D eigenvalue weighted by molar-refractivity contribution is -0.138. The molecule has 2 unspecified atom stereocenters. The Morgan fingerprint density at radius 2 is 1.68 bits per heavy atom. The number of morpholine rings is 1. The molecule has 3 aliphatic rings. The van der Waals surface area contributed by atoms with Gasteiger partial charge in [-0.3, -0.25) is 9.69 Å². The van der Waals surface area contributed by atoms with Gasteiger partial charge in [-0.1, -0.05) is 36.4 Å². The van der Waals surface area contributed by atoms with Gasteiger partial charge >= 0.3 is 0 Å². The summed E-state index contributed by atoms with van der Waals surface area (Å²) in [4.78, 5) is 15.1. The van der Waals surface area contributed by atoms with Crippen LogP contribution in [0, 0.1) is 11.8 Å². The zero-order valence-electron chi connectivity index (χ0n) is 14.5. The molecule has 1 aromatic rings. The summed E-state index contributed by atoms with van der Waals surface area (Å²) in [6, 6.07) is 8.56. The number of nitrogens with zero attached hydrogens (tertiary/aromatic N) is 3. The molecule has 1 amide bonds. The SMILES string of the molecule is O=C1C2CC=CCC2C=NN1Cc1ccc(CN2CCOCC2)cc1. The lowest BCUT2D eigenvalue weighted by Crippen LogP contribution is -2.41. The van der Waals surface area contributed by atoms with Crippen molar-refractivity contribution in [3.8, 4) is 0 Å². The van der Waals surface area contributed by atoms with Gasteiger partial charge in [0.15, 0.2) is 0 Å². The minimum absolute atomic E-state index is 0.0723. The Kier molecular flexibility index (Phi) is 4.95. The van der Waals surface area contributed by atoms with E-state index in [0.29, 0.717) is 6.54 Å². The number of rotatable bonds is 4. The van der Waals surface area contributed by atoms with Gasteiger partial charge in [0.05, 0.1) is 25.7 Å². The molecule has 1 fully saturated rings. The Morgan fingerprint density at radius 3 is 2.44 bits per heavy atom. The van der Waals surface area contributed by atoms with E-state index in [2.05, 4.69) is 46.4 Å². The van der Waals surface area contributed by atoms with Gasteiger partial charge in [-0.15, -0.1) is 0 Å². The molecule has 0 aromatic heterocycles. The normalized spacial score (nSPS) is 26.7. The molecule has 4 rings (SSSR count). The largest absolute Gasteiger partial charge is 0.379 e. The van der Waals surface area contributed by atoms with Gasteiger partial charge < -0.3 is 4.74 Å². The van der Waals surface area contributed by atoms with E-state index in [-0.39, 0.29) is 17.7 Å². The van der Waals surface area contributed by atoms with Gasteiger partial charge in [0.1, 0.15) is 0 Å². The molecule has 5 heteroatoms. The van der Waals surface area contributed by atoms with Crippen LogP contribution in [-0.2, 0) is 22.6 Å². The minimum Gasteiger partial charge on any atom is -0.379 e. The van der Waals surface area contributed by atoms with Crippen molar-refractivity contribution in [3.63, 3.8) is 0 Å². The third kappa shape index (κ3) is 3.83. The first-order valence-corrected chi connectivity index (χ1v) is 9.18. The van der Waals surface area contributed by atoms with Crippen LogP contribution in [0.1, 0.15) is 24.0 Å². The van der Waals surface area contributed by atoms with Gasteiger partial charge in [-0.2, -0.15) is 5.10 Å². The second-order valence-electron chi connectivity index (χ2n) is 7.08. The second kappa shape index (κ2) is 7.50. The Bertz CT molecular complexity index is 662. The quantitative estimate of drug-likeness (QED) is 0.792. The Labute approximate surface area is 148 Å². The van der Waals surface area contributed by atoms with Crippen LogP contribution in [-0.4, -0.2) is 48.3 Å². The number of ether oxygens (including phenoxy) is 1. The van der Waals surface area contributed by atoms with Gasteiger partial charge in [-0.05, 0) is 24.0 Å². The molecular formula is C20H25N3O2. The van der Waals surface area contributed by atoms with Crippen molar-refractivity contribution in [3.05, 3.63) is 47.5 Å². The smallest absolute Gasteiger partial charge is 0.247 e. The zero-order valence-corrected chi connectivity index (χ0v) is 14.5. The third-order valence-electron chi connectivity index (χ3n) is 5.32. The van der Waals surface area contributed by atoms with E-state index in [0.717, 1.165) is 51.3 Å². The number of amides is 1. The van der Waals surface area contributed by atoms with Crippen molar-refractivity contribution in [2.45, 2.75) is 25.9 Å². The maximum Gasteiger partial charge on any atom is 0.247 e. The Morgan fingerprint density at radius 1 is 1.00 bits per heavy atom. The fourth-order valence-electron chi connectivity index (χ4n) is 3.76. The van der Waals surface area contributed by atoms with E-state index in [1.54, 1.807) is 5.01 Å². The van der Waals surface area contributed by atoms with Gasteiger partial charge in [0.25, 0.3) is 0 Å². The van der Waals surface area contributed by atoms with Crippen LogP contribution in [0.3, 0.4) is 0 Å².